The Bertz CT molecular complexity index is 2710. The summed E-state index contributed by atoms with van der Waals surface area (Å²) in [6, 6.07) is 8.89. The first kappa shape index (κ1) is 70.0. The number of cyclic esters (lactones) is 2. The number of aliphatic hydroxyl groups is 3. The Morgan fingerprint density at radius 2 is 1.52 bits per heavy atom. The Hall–Kier alpha value is -6.74. The van der Waals surface area contributed by atoms with Crippen LogP contribution >= 0.6 is 11.6 Å². The lowest BCUT2D eigenvalue weighted by molar-refractivity contribution is -0.283. The van der Waals surface area contributed by atoms with Gasteiger partial charge in [0.2, 0.25) is 29.5 Å². The lowest BCUT2D eigenvalue weighted by Gasteiger charge is -2.38. The fourth-order valence-electron chi connectivity index (χ4n) is 9.72. The Morgan fingerprint density at radius 3 is 2.16 bits per heavy atom. The molecule has 10 N–H and O–H groups in total. The van der Waals surface area contributed by atoms with Crippen molar-refractivity contribution in [2.75, 3.05) is 27.3 Å². The van der Waals surface area contributed by atoms with Crippen molar-refractivity contribution in [3.8, 4) is 5.75 Å². The first-order valence-corrected chi connectivity index (χ1v) is 29.3. The van der Waals surface area contributed by atoms with E-state index in [0.717, 1.165) is 5.56 Å². The van der Waals surface area contributed by atoms with E-state index in [1.54, 1.807) is 58.0 Å². The number of hydrogen-bond donors (Lipinski definition) is 10. The maximum absolute atomic E-state index is 14.0. The second kappa shape index (κ2) is 32.8. The van der Waals surface area contributed by atoms with Crippen LogP contribution < -0.4 is 36.6 Å². The SMILES string of the molecule is COc1ccc(C[C@H]2NC(=O)/C=C/C[C@@H]([C@H](C)[C@H]3O[C@@H]3c3ccc(CNC(=O)[C@H](CCCCNC(=O)[C@H]4O[C@@H](OC)[C@H](O)C(O)[C@@H]4O)NC(=O)[C@@H](NC(=O)CCCC(=O)O)C(C)C)cc3)OC(=O)[C@H](CC(C)C)OC(=O)C(C)(C)CNC2=O)cc1Cl. The summed E-state index contributed by atoms with van der Waals surface area (Å²) in [5.41, 5.74) is 0.755. The molecule has 3 aliphatic heterocycles. The molecule has 0 spiro atoms. The predicted molar refractivity (Wildman–Crippen MR) is 309 cm³/mol. The fourth-order valence-corrected chi connectivity index (χ4v) is 10.00. The van der Waals surface area contributed by atoms with Gasteiger partial charge in [-0.3, -0.25) is 38.4 Å². The lowest BCUT2D eigenvalue weighted by atomic mass is 9.92. The van der Waals surface area contributed by atoms with E-state index >= 15 is 0 Å². The molecule has 1 unspecified atom stereocenters. The summed E-state index contributed by atoms with van der Waals surface area (Å²) in [5, 5.41) is 56.4. The number of unbranched alkanes of at least 4 members (excludes halogenated alkanes) is 1. The van der Waals surface area contributed by atoms with Crippen LogP contribution in [0.25, 0.3) is 0 Å². The molecular weight excluding hydrogens is 1140 g/mol. The number of rotatable bonds is 26. The Labute approximate surface area is 505 Å². The zero-order valence-electron chi connectivity index (χ0n) is 50.1. The molecule has 2 aromatic carbocycles. The Morgan fingerprint density at radius 1 is 0.826 bits per heavy atom. The van der Waals surface area contributed by atoms with Gasteiger partial charge in [0, 0.05) is 58.3 Å². The van der Waals surface area contributed by atoms with Gasteiger partial charge < -0.3 is 80.7 Å². The van der Waals surface area contributed by atoms with Crippen LogP contribution in [-0.2, 0) is 79.8 Å². The molecule has 26 heteroatoms. The molecule has 13 atom stereocenters. The zero-order chi connectivity index (χ0) is 63.6. The van der Waals surface area contributed by atoms with Crippen LogP contribution in [0.2, 0.25) is 5.02 Å². The number of benzene rings is 2. The highest BCUT2D eigenvalue weighted by Crippen LogP contribution is 2.45. The number of carbonyl (C=O) groups is 9. The van der Waals surface area contributed by atoms with Crippen molar-refractivity contribution >= 4 is 65.0 Å². The number of aliphatic carboxylic acids is 1. The molecule has 5 rings (SSSR count). The van der Waals surface area contributed by atoms with Crippen molar-refractivity contribution < 1.29 is 92.0 Å². The van der Waals surface area contributed by atoms with Gasteiger partial charge in [-0.1, -0.05) is 82.6 Å². The van der Waals surface area contributed by atoms with E-state index in [1.807, 2.05) is 32.9 Å². The van der Waals surface area contributed by atoms with Crippen molar-refractivity contribution in [1.82, 2.24) is 31.9 Å². The van der Waals surface area contributed by atoms with Crippen LogP contribution in [0.4, 0.5) is 0 Å². The van der Waals surface area contributed by atoms with E-state index in [2.05, 4.69) is 31.9 Å². The van der Waals surface area contributed by atoms with Crippen LogP contribution in [-0.4, -0.2) is 168 Å². The number of carboxylic acid groups (broad SMARTS) is 1. The number of ether oxygens (including phenoxy) is 6. The van der Waals surface area contributed by atoms with E-state index in [1.165, 1.54) is 26.4 Å². The zero-order valence-corrected chi connectivity index (χ0v) is 50.9. The van der Waals surface area contributed by atoms with Crippen LogP contribution in [0.1, 0.15) is 123 Å². The van der Waals surface area contributed by atoms with Gasteiger partial charge in [-0.15, -0.1) is 0 Å². The lowest BCUT2D eigenvalue weighted by Crippen LogP contribution is -2.61. The van der Waals surface area contributed by atoms with E-state index in [-0.39, 0.29) is 83.3 Å². The summed E-state index contributed by atoms with van der Waals surface area (Å²) >= 11 is 6.39. The molecule has 6 amide bonds. The van der Waals surface area contributed by atoms with Gasteiger partial charge in [0.05, 0.1) is 23.7 Å². The van der Waals surface area contributed by atoms with Crippen molar-refractivity contribution in [1.29, 1.82) is 0 Å². The Balaban J connectivity index is 1.27. The van der Waals surface area contributed by atoms with E-state index < -0.39 is 144 Å². The summed E-state index contributed by atoms with van der Waals surface area (Å²) in [6.45, 7) is 12.0. The number of esters is 2. The number of carbonyl (C=O) groups excluding carboxylic acids is 8. The number of amides is 6. The smallest absolute Gasteiger partial charge is 0.347 e. The molecule has 2 fully saturated rings. The molecule has 0 saturated carbocycles. The number of hydrogen-bond acceptors (Lipinski definition) is 18. The summed E-state index contributed by atoms with van der Waals surface area (Å²) in [5.74, 6) is -6.88. The molecule has 86 heavy (non-hydrogen) atoms. The van der Waals surface area contributed by atoms with Gasteiger partial charge >= 0.3 is 17.9 Å². The molecule has 3 aliphatic rings. The van der Waals surface area contributed by atoms with Gasteiger partial charge in [-0.2, -0.15) is 0 Å². The average molecular weight is 1230 g/mol. The molecule has 0 radical (unpaired) electrons. The molecule has 2 saturated heterocycles. The molecule has 0 bridgehead atoms. The standard InChI is InChI=1S/C60H85ClN6O19/c1-31(2)26-42-57(79)83-40(15-12-16-43(68)65-39(28-35-21-24-41(81-8)37(61)27-35)54(76)64-30-60(6,7)59(80)84-42)33(5)50-51(85-50)36-22-19-34(20-23-36)29-63-53(75)38(66-55(77)46(32(3)4)67-44(69)17-13-18-45(70)71)14-10-11-25-62-56(78)52-48(73)47(72)49(74)58(82-9)86-52/h12,16,19-24,27,31-33,38-40,42,46-52,58,72-74H,10-11,13-15,17-18,25-26,28-30H2,1-9H3,(H,62,78)(H,63,75)(H,64,76)(H,65,68)(H,66,77)(H,67,69)(H,70,71)/b16-12+/t33-,38-,39+,40-,42-,46-,47?,48-,49+,50+,51+,52-,58+/m0/s1. The second-order valence-corrected chi connectivity index (χ2v) is 23.7. The molecule has 2 aromatic rings. The van der Waals surface area contributed by atoms with E-state index in [4.69, 9.17) is 45.1 Å². The van der Waals surface area contributed by atoms with E-state index in [9.17, 15) is 58.5 Å². The largest absolute Gasteiger partial charge is 0.495 e. The maximum Gasteiger partial charge on any atom is 0.347 e. The van der Waals surface area contributed by atoms with Crippen molar-refractivity contribution in [3.63, 3.8) is 0 Å². The minimum atomic E-state index is -1.75. The quantitative estimate of drug-likeness (QED) is 0.0367. The number of halogens is 1. The van der Waals surface area contributed by atoms with Crippen molar-refractivity contribution in [2.45, 2.75) is 186 Å². The highest BCUT2D eigenvalue weighted by atomic mass is 35.5. The first-order chi connectivity index (χ1) is 40.6. The second-order valence-electron chi connectivity index (χ2n) is 23.3. The summed E-state index contributed by atoms with van der Waals surface area (Å²) in [4.78, 5) is 119. The van der Waals surface area contributed by atoms with Crippen LogP contribution in [0.3, 0.4) is 0 Å². The first-order valence-electron chi connectivity index (χ1n) is 29.0. The number of epoxide rings is 1. The number of nitrogens with one attached hydrogen (secondary N) is 6. The fraction of sp³-hybridized carbons (Fsp3) is 0.617. The van der Waals surface area contributed by atoms with Gasteiger partial charge in [-0.25, -0.2) is 4.79 Å². The third kappa shape index (κ3) is 20.7. The number of carboxylic acids is 1. The van der Waals surface area contributed by atoms with Crippen LogP contribution in [0.5, 0.6) is 5.75 Å². The van der Waals surface area contributed by atoms with Gasteiger partial charge in [0.1, 0.15) is 54.4 Å². The minimum Gasteiger partial charge on any atom is -0.495 e. The Kier molecular flexibility index (Phi) is 26.7. The molecule has 25 nitrogen and oxygen atoms in total. The minimum absolute atomic E-state index is 0.0199. The van der Waals surface area contributed by atoms with Crippen molar-refractivity contribution in [2.24, 2.45) is 23.2 Å². The van der Waals surface area contributed by atoms with Gasteiger partial charge in [0.25, 0.3) is 5.91 Å². The predicted octanol–water partition coefficient (Wildman–Crippen LogP) is 2.36. The number of aliphatic hydroxyl groups excluding tert-OH is 3. The van der Waals surface area contributed by atoms with Gasteiger partial charge in [0.15, 0.2) is 18.5 Å². The highest BCUT2D eigenvalue weighted by molar-refractivity contribution is 6.32. The van der Waals surface area contributed by atoms with Crippen molar-refractivity contribution in [3.05, 3.63) is 76.3 Å². The number of methoxy groups -OCH3 is 2. The summed E-state index contributed by atoms with van der Waals surface area (Å²) < 4.78 is 33.8. The molecular formula is C60H85ClN6O19. The molecule has 476 valence electrons. The molecule has 0 aliphatic carbocycles. The maximum atomic E-state index is 14.0. The third-order valence-corrected chi connectivity index (χ3v) is 15.3. The van der Waals surface area contributed by atoms with Gasteiger partial charge in [-0.05, 0) is 92.7 Å². The monoisotopic (exact) mass is 1230 g/mol. The highest BCUT2D eigenvalue weighted by Gasteiger charge is 2.49. The normalized spacial score (nSPS) is 25.9. The third-order valence-electron chi connectivity index (χ3n) is 15.0. The van der Waals surface area contributed by atoms with Crippen LogP contribution in [0, 0.1) is 23.2 Å². The molecule has 0 aromatic heterocycles. The topological polar surface area (TPSA) is 365 Å². The summed E-state index contributed by atoms with van der Waals surface area (Å²) in [6.07, 6.45) is -7.76. The average Bonchev–Trinajstić information content (AvgIpc) is 1.95. The molecule has 3 heterocycles. The van der Waals surface area contributed by atoms with E-state index in [0.29, 0.717) is 21.9 Å². The summed E-state index contributed by atoms with van der Waals surface area (Å²) in [7, 11) is 2.67. The van der Waals surface area contributed by atoms with Crippen LogP contribution in [0.15, 0.2) is 54.6 Å².